The van der Waals surface area contributed by atoms with Crippen LogP contribution in [0.4, 0.5) is 0 Å². The molecule has 0 saturated heterocycles. The van der Waals surface area contributed by atoms with E-state index in [1.807, 2.05) is 31.2 Å². The molecular weight excluding hydrogens is 410 g/mol. The molecule has 0 spiro atoms. The summed E-state index contributed by atoms with van der Waals surface area (Å²) in [5, 5.41) is 4.50. The molecule has 0 radical (unpaired) electrons. The molecule has 0 aliphatic heterocycles. The molecule has 8 heteroatoms. The minimum atomic E-state index is -3.66. The van der Waals surface area contributed by atoms with Gasteiger partial charge in [0, 0.05) is 29.7 Å². The minimum Gasteiger partial charge on any atom is -0.492 e. The maximum Gasteiger partial charge on any atom is 0.241 e. The second-order valence-corrected chi connectivity index (χ2v) is 8.59. The number of sulfonamides is 1. The Morgan fingerprint density at radius 3 is 2.59 bits per heavy atom. The van der Waals surface area contributed by atoms with Crippen LogP contribution < -0.4 is 14.8 Å². The zero-order valence-electron chi connectivity index (χ0n) is 16.2. The van der Waals surface area contributed by atoms with Crippen molar-refractivity contribution in [2.75, 3.05) is 26.2 Å². The van der Waals surface area contributed by atoms with Gasteiger partial charge < -0.3 is 10.1 Å². The van der Waals surface area contributed by atoms with E-state index in [0.29, 0.717) is 34.8 Å². The average Bonchev–Trinajstić information content (AvgIpc) is 2.72. The molecule has 3 aromatic rings. The normalized spacial score (nSPS) is 11.7. The molecule has 0 bridgehead atoms. The third-order valence-corrected chi connectivity index (χ3v) is 6.15. The summed E-state index contributed by atoms with van der Waals surface area (Å²) in [6.45, 7) is 3.93. The largest absolute Gasteiger partial charge is 0.492 e. The maximum atomic E-state index is 12.8. The van der Waals surface area contributed by atoms with E-state index >= 15 is 0 Å². The highest BCUT2D eigenvalue weighted by atomic mass is 35.5. The lowest BCUT2D eigenvalue weighted by Gasteiger charge is -2.12. The quantitative estimate of drug-likeness (QED) is 0.479. The van der Waals surface area contributed by atoms with Crippen molar-refractivity contribution >= 4 is 32.5 Å². The van der Waals surface area contributed by atoms with Gasteiger partial charge in [-0.15, -0.1) is 0 Å². The predicted molar refractivity (Wildman–Crippen MR) is 116 cm³/mol. The Hall–Kier alpha value is -2.19. The SMILES string of the molecule is CCOc1ccc(S(=O)(=O)NCCNCCc2ccc(Cl)cc2)c2cccnc12. The Morgan fingerprint density at radius 2 is 1.83 bits per heavy atom. The first-order valence-corrected chi connectivity index (χ1v) is 11.3. The molecule has 0 fully saturated rings. The highest BCUT2D eigenvalue weighted by Crippen LogP contribution is 2.29. The van der Waals surface area contributed by atoms with E-state index in [0.717, 1.165) is 13.0 Å². The number of hydrogen-bond acceptors (Lipinski definition) is 5. The molecule has 0 atom stereocenters. The second-order valence-electron chi connectivity index (χ2n) is 6.42. The Bertz CT molecular complexity index is 1060. The molecule has 29 heavy (non-hydrogen) atoms. The number of aromatic nitrogens is 1. The van der Waals surface area contributed by atoms with Gasteiger partial charge >= 0.3 is 0 Å². The lowest BCUT2D eigenvalue weighted by Crippen LogP contribution is -2.32. The monoisotopic (exact) mass is 433 g/mol. The van der Waals surface area contributed by atoms with Crippen LogP contribution in [0.25, 0.3) is 10.9 Å². The van der Waals surface area contributed by atoms with Crippen LogP contribution in [0.15, 0.2) is 59.6 Å². The molecule has 0 aliphatic rings. The van der Waals surface area contributed by atoms with E-state index in [2.05, 4.69) is 15.0 Å². The fourth-order valence-electron chi connectivity index (χ4n) is 2.99. The highest BCUT2D eigenvalue weighted by Gasteiger charge is 2.19. The summed E-state index contributed by atoms with van der Waals surface area (Å²) in [6.07, 6.45) is 2.47. The summed E-state index contributed by atoms with van der Waals surface area (Å²) in [4.78, 5) is 4.49. The van der Waals surface area contributed by atoms with Crippen LogP contribution in [0.5, 0.6) is 5.75 Å². The third-order valence-electron chi connectivity index (χ3n) is 4.38. The molecular formula is C21H24ClN3O3S. The van der Waals surface area contributed by atoms with E-state index < -0.39 is 10.0 Å². The van der Waals surface area contributed by atoms with Gasteiger partial charge in [0.2, 0.25) is 10.0 Å². The molecule has 0 unspecified atom stereocenters. The van der Waals surface area contributed by atoms with E-state index in [1.165, 1.54) is 5.56 Å². The van der Waals surface area contributed by atoms with E-state index in [4.69, 9.17) is 16.3 Å². The highest BCUT2D eigenvalue weighted by molar-refractivity contribution is 7.89. The fraction of sp³-hybridized carbons (Fsp3) is 0.286. The molecule has 1 heterocycles. The van der Waals surface area contributed by atoms with Crippen molar-refractivity contribution in [1.29, 1.82) is 0 Å². The summed E-state index contributed by atoms with van der Waals surface area (Å²) in [7, 11) is -3.66. The lowest BCUT2D eigenvalue weighted by molar-refractivity contribution is 0.343. The van der Waals surface area contributed by atoms with Crippen molar-refractivity contribution < 1.29 is 13.2 Å². The van der Waals surface area contributed by atoms with Crippen LogP contribution in [-0.4, -0.2) is 39.6 Å². The van der Waals surface area contributed by atoms with Crippen molar-refractivity contribution in [3.05, 3.63) is 65.3 Å². The molecule has 3 rings (SSSR count). The van der Waals surface area contributed by atoms with Gasteiger partial charge in [0.1, 0.15) is 11.3 Å². The van der Waals surface area contributed by atoms with Gasteiger partial charge in [-0.05, 0) is 61.9 Å². The molecule has 1 aromatic heterocycles. The van der Waals surface area contributed by atoms with Crippen molar-refractivity contribution in [2.45, 2.75) is 18.2 Å². The van der Waals surface area contributed by atoms with E-state index in [1.54, 1.807) is 30.5 Å². The molecule has 0 amide bonds. The molecule has 2 N–H and O–H groups in total. The molecule has 0 saturated carbocycles. The van der Waals surface area contributed by atoms with Gasteiger partial charge in [0.25, 0.3) is 0 Å². The van der Waals surface area contributed by atoms with Crippen LogP contribution in [0.2, 0.25) is 5.02 Å². The maximum absolute atomic E-state index is 12.8. The standard InChI is InChI=1S/C21H24ClN3O3S/c1-2-28-19-9-10-20(18-4-3-12-24-21(18)19)29(26,27)25-15-14-23-13-11-16-5-7-17(22)8-6-16/h3-10,12,23,25H,2,11,13-15H2,1H3. The van der Waals surface area contributed by atoms with Gasteiger partial charge in [-0.1, -0.05) is 23.7 Å². The van der Waals surface area contributed by atoms with Crippen LogP contribution in [0.3, 0.4) is 0 Å². The number of benzene rings is 2. The summed E-state index contributed by atoms with van der Waals surface area (Å²) in [5.74, 6) is 0.575. The van der Waals surface area contributed by atoms with E-state index in [-0.39, 0.29) is 11.4 Å². The topological polar surface area (TPSA) is 80.3 Å². The first kappa shape index (κ1) is 21.5. The smallest absolute Gasteiger partial charge is 0.241 e. The number of hydrogen-bond donors (Lipinski definition) is 2. The second kappa shape index (κ2) is 10.0. The van der Waals surface area contributed by atoms with Gasteiger partial charge in [-0.3, -0.25) is 4.98 Å². The average molecular weight is 434 g/mol. The number of pyridine rings is 1. The Morgan fingerprint density at radius 1 is 1.03 bits per heavy atom. The number of nitrogens with zero attached hydrogens (tertiary/aromatic N) is 1. The molecule has 6 nitrogen and oxygen atoms in total. The summed E-state index contributed by atoms with van der Waals surface area (Å²) in [5.41, 5.74) is 1.72. The van der Waals surface area contributed by atoms with Crippen molar-refractivity contribution in [3.63, 3.8) is 0 Å². The van der Waals surface area contributed by atoms with Gasteiger partial charge in [-0.25, -0.2) is 13.1 Å². The zero-order valence-corrected chi connectivity index (χ0v) is 17.8. The van der Waals surface area contributed by atoms with Gasteiger partial charge in [-0.2, -0.15) is 0 Å². The summed E-state index contributed by atoms with van der Waals surface area (Å²) >= 11 is 5.88. The van der Waals surface area contributed by atoms with Gasteiger partial charge in [0.15, 0.2) is 0 Å². The lowest BCUT2D eigenvalue weighted by atomic mass is 10.1. The third kappa shape index (κ3) is 5.67. The molecule has 2 aromatic carbocycles. The van der Waals surface area contributed by atoms with Crippen LogP contribution in [-0.2, 0) is 16.4 Å². The van der Waals surface area contributed by atoms with Crippen LogP contribution >= 0.6 is 11.6 Å². The number of fused-ring (bicyclic) bond motifs is 1. The Kier molecular flexibility index (Phi) is 7.44. The predicted octanol–water partition coefficient (Wildman–Crippen LogP) is 3.40. The fourth-order valence-corrected chi connectivity index (χ4v) is 4.34. The molecule has 154 valence electrons. The number of nitrogens with one attached hydrogen (secondary N) is 2. The first-order chi connectivity index (χ1) is 14.0. The zero-order chi connectivity index (χ0) is 20.7. The summed E-state index contributed by atoms with van der Waals surface area (Å²) < 4.78 is 33.8. The van der Waals surface area contributed by atoms with Gasteiger partial charge in [0.05, 0.1) is 11.5 Å². The minimum absolute atomic E-state index is 0.199. The molecule has 0 aliphatic carbocycles. The number of rotatable bonds is 10. The van der Waals surface area contributed by atoms with Crippen molar-refractivity contribution in [1.82, 2.24) is 15.0 Å². The van der Waals surface area contributed by atoms with Crippen molar-refractivity contribution in [2.24, 2.45) is 0 Å². The summed E-state index contributed by atoms with van der Waals surface area (Å²) in [6, 6.07) is 14.4. The number of ether oxygens (including phenoxy) is 1. The van der Waals surface area contributed by atoms with E-state index in [9.17, 15) is 8.42 Å². The van der Waals surface area contributed by atoms with Crippen LogP contribution in [0.1, 0.15) is 12.5 Å². The Labute approximate surface area is 176 Å². The number of halogens is 1. The Balaban J connectivity index is 1.57. The van der Waals surface area contributed by atoms with Crippen molar-refractivity contribution in [3.8, 4) is 5.75 Å². The first-order valence-electron chi connectivity index (χ1n) is 9.46. The van der Waals surface area contributed by atoms with Crippen LogP contribution in [0, 0.1) is 0 Å².